The molecule has 4 fully saturated rings. The third-order valence-electron chi connectivity index (χ3n) is 15.3. The fraction of sp³-hybridized carbons (Fsp3) is 0.455. The number of hydrogen-bond donors (Lipinski definition) is 0. The van der Waals surface area contributed by atoms with Gasteiger partial charge >= 0.3 is 0 Å². The van der Waals surface area contributed by atoms with E-state index in [0.717, 1.165) is 24.2 Å². The summed E-state index contributed by atoms with van der Waals surface area (Å²) in [6.45, 7) is 23.6. The summed E-state index contributed by atoms with van der Waals surface area (Å²) in [5.74, 6) is 2.69. The highest BCUT2D eigenvalue weighted by Crippen LogP contribution is 2.65. The third kappa shape index (κ3) is 6.03. The molecular weight excluding hydrogens is 699 g/mol. The van der Waals surface area contributed by atoms with Crippen molar-refractivity contribution >= 4 is 57.2 Å². The molecular formula is C55H65BN2. The van der Waals surface area contributed by atoms with Crippen molar-refractivity contribution < 1.29 is 0 Å². The molecule has 4 bridgehead atoms. The van der Waals surface area contributed by atoms with Crippen LogP contribution in [0.4, 0.5) is 34.1 Å². The second-order valence-corrected chi connectivity index (χ2v) is 22.4. The van der Waals surface area contributed by atoms with E-state index >= 15 is 0 Å². The Kier molecular flexibility index (Phi) is 8.60. The zero-order chi connectivity index (χ0) is 40.5. The number of aryl methyl sites for hydroxylation is 1. The van der Waals surface area contributed by atoms with E-state index < -0.39 is 0 Å². The summed E-state index contributed by atoms with van der Waals surface area (Å²) in [7, 11) is 0. The lowest BCUT2D eigenvalue weighted by atomic mass is 9.33. The molecule has 4 saturated carbocycles. The van der Waals surface area contributed by atoms with E-state index in [4.69, 9.17) is 0 Å². The van der Waals surface area contributed by atoms with Crippen molar-refractivity contribution in [3.8, 4) is 0 Å². The first kappa shape index (κ1) is 38.0. The monoisotopic (exact) mass is 765 g/mol. The first-order chi connectivity index (χ1) is 27.5. The maximum absolute atomic E-state index is 2.71. The normalized spacial score (nSPS) is 23.0. The van der Waals surface area contributed by atoms with Crippen LogP contribution < -0.4 is 26.2 Å². The zero-order valence-corrected chi connectivity index (χ0v) is 37.1. The highest BCUT2D eigenvalue weighted by atomic mass is 15.2. The van der Waals surface area contributed by atoms with Gasteiger partial charge in [-0.2, -0.15) is 0 Å². The lowest BCUT2D eigenvalue weighted by Gasteiger charge is -2.47. The van der Waals surface area contributed by atoms with Gasteiger partial charge in [-0.25, -0.2) is 0 Å². The van der Waals surface area contributed by atoms with Crippen molar-refractivity contribution in [1.82, 2.24) is 0 Å². The molecule has 2 aliphatic heterocycles. The van der Waals surface area contributed by atoms with Gasteiger partial charge in [0.1, 0.15) is 0 Å². The van der Waals surface area contributed by atoms with Crippen LogP contribution in [-0.4, -0.2) is 6.71 Å². The largest absolute Gasteiger partial charge is 0.311 e. The first-order valence-electron chi connectivity index (χ1n) is 22.8. The second-order valence-electron chi connectivity index (χ2n) is 22.4. The minimum absolute atomic E-state index is 0.0253. The fourth-order valence-corrected chi connectivity index (χ4v) is 12.3. The SMILES string of the molecule is CCCCc1ccc(N2c3ccc(C(C)(C)C)cc3B3c4cc(C(C)(C)C)ccc4N(c4ccc(C(C)(C)C)cc4)c4cc(C56CC7CC(C5)C(C7)C6)cc2c43)cc1. The Balaban J connectivity index is 1.28. The minimum Gasteiger partial charge on any atom is -0.311 e. The highest BCUT2D eigenvalue weighted by molar-refractivity contribution is 7.00. The molecule has 5 aromatic rings. The average molecular weight is 765 g/mol. The summed E-state index contributed by atoms with van der Waals surface area (Å²) in [6.07, 6.45) is 10.6. The topological polar surface area (TPSA) is 6.48 Å². The number of rotatable bonds is 6. The van der Waals surface area contributed by atoms with Crippen molar-refractivity contribution in [2.45, 2.75) is 142 Å². The molecule has 2 nitrogen and oxygen atoms in total. The van der Waals surface area contributed by atoms with E-state index in [1.165, 1.54) is 118 Å². The van der Waals surface area contributed by atoms with Crippen LogP contribution in [0.2, 0.25) is 0 Å². The van der Waals surface area contributed by atoms with Crippen LogP contribution in [0.5, 0.6) is 0 Å². The van der Waals surface area contributed by atoms with Gasteiger partial charge in [-0.05, 0) is 177 Å². The van der Waals surface area contributed by atoms with Crippen LogP contribution >= 0.6 is 0 Å². The van der Waals surface area contributed by atoms with Gasteiger partial charge < -0.3 is 9.80 Å². The van der Waals surface area contributed by atoms with Crippen LogP contribution in [0.1, 0.15) is 142 Å². The summed E-state index contributed by atoms with van der Waals surface area (Å²) in [5.41, 5.74) is 19.9. The number of anilines is 6. The van der Waals surface area contributed by atoms with Gasteiger partial charge in [0.05, 0.1) is 0 Å². The van der Waals surface area contributed by atoms with Crippen molar-refractivity contribution in [1.29, 1.82) is 0 Å². The molecule has 4 aliphatic carbocycles. The molecule has 298 valence electrons. The lowest BCUT2D eigenvalue weighted by molar-refractivity contribution is 0.229. The predicted molar refractivity (Wildman–Crippen MR) is 250 cm³/mol. The van der Waals surface area contributed by atoms with Crippen molar-refractivity contribution in [3.63, 3.8) is 0 Å². The van der Waals surface area contributed by atoms with E-state index in [9.17, 15) is 0 Å². The predicted octanol–water partition coefficient (Wildman–Crippen LogP) is 13.1. The fourth-order valence-electron chi connectivity index (χ4n) is 12.3. The van der Waals surface area contributed by atoms with Crippen LogP contribution in [0.3, 0.4) is 0 Å². The Hall–Kier alpha value is -4.24. The molecule has 0 N–H and O–H groups in total. The maximum Gasteiger partial charge on any atom is 0.252 e. The smallest absolute Gasteiger partial charge is 0.252 e. The summed E-state index contributed by atoms with van der Waals surface area (Å²) >= 11 is 0. The van der Waals surface area contributed by atoms with Gasteiger partial charge in [0.25, 0.3) is 6.71 Å². The van der Waals surface area contributed by atoms with E-state index in [-0.39, 0.29) is 28.4 Å². The molecule has 11 rings (SSSR count). The van der Waals surface area contributed by atoms with E-state index in [2.05, 4.69) is 176 Å². The van der Waals surface area contributed by atoms with Gasteiger partial charge in [0.2, 0.25) is 0 Å². The Labute approximate surface area is 350 Å². The van der Waals surface area contributed by atoms with Crippen molar-refractivity contribution in [2.75, 3.05) is 9.80 Å². The molecule has 0 amide bonds. The highest BCUT2D eigenvalue weighted by Gasteiger charge is 2.57. The number of benzene rings is 5. The van der Waals surface area contributed by atoms with Crippen LogP contribution in [-0.2, 0) is 28.1 Å². The van der Waals surface area contributed by atoms with E-state index in [0.29, 0.717) is 0 Å². The molecule has 3 heteroatoms. The number of fused-ring (bicyclic) bond motifs is 4. The summed E-state index contributed by atoms with van der Waals surface area (Å²) in [5, 5.41) is 0. The van der Waals surface area contributed by atoms with Crippen molar-refractivity contribution in [2.24, 2.45) is 17.8 Å². The summed E-state index contributed by atoms with van der Waals surface area (Å²) in [6, 6.07) is 39.6. The van der Waals surface area contributed by atoms with E-state index in [1.54, 1.807) is 5.56 Å². The van der Waals surface area contributed by atoms with E-state index in [1.807, 2.05) is 0 Å². The molecule has 0 radical (unpaired) electrons. The molecule has 5 aromatic carbocycles. The molecule has 2 unspecified atom stereocenters. The van der Waals surface area contributed by atoms with Crippen LogP contribution in [0.25, 0.3) is 0 Å². The Morgan fingerprint density at radius 1 is 0.552 bits per heavy atom. The van der Waals surface area contributed by atoms with Gasteiger partial charge in [-0.15, -0.1) is 0 Å². The Morgan fingerprint density at radius 2 is 1.02 bits per heavy atom. The Bertz CT molecular complexity index is 2380. The molecule has 0 aromatic heterocycles. The van der Waals surface area contributed by atoms with Crippen molar-refractivity contribution in [3.05, 3.63) is 125 Å². The Morgan fingerprint density at radius 3 is 1.47 bits per heavy atom. The number of hydrogen-bond acceptors (Lipinski definition) is 2. The van der Waals surface area contributed by atoms with Gasteiger partial charge in [-0.3, -0.25) is 0 Å². The maximum atomic E-state index is 2.71. The number of nitrogens with zero attached hydrogens (tertiary/aromatic N) is 2. The van der Waals surface area contributed by atoms with Gasteiger partial charge in [0, 0.05) is 34.1 Å². The third-order valence-corrected chi connectivity index (χ3v) is 15.3. The molecule has 6 aliphatic rings. The van der Waals surface area contributed by atoms with Gasteiger partial charge in [-0.1, -0.05) is 124 Å². The average Bonchev–Trinajstić information content (AvgIpc) is 3.61. The summed E-state index contributed by atoms with van der Waals surface area (Å²) in [4.78, 5) is 5.35. The zero-order valence-electron chi connectivity index (χ0n) is 37.1. The second kappa shape index (κ2) is 13.1. The lowest BCUT2D eigenvalue weighted by Crippen LogP contribution is -2.62. The molecule has 2 atom stereocenters. The van der Waals surface area contributed by atoms with Gasteiger partial charge in [0.15, 0.2) is 0 Å². The minimum atomic E-state index is 0.0253. The first-order valence-corrected chi connectivity index (χ1v) is 22.8. The van der Waals surface area contributed by atoms with Crippen LogP contribution in [0.15, 0.2) is 97.1 Å². The van der Waals surface area contributed by atoms with Crippen LogP contribution in [0, 0.1) is 17.8 Å². The molecule has 58 heavy (non-hydrogen) atoms. The number of unbranched alkanes of at least 4 members (excludes halogenated alkanes) is 1. The molecule has 0 spiro atoms. The quantitative estimate of drug-likeness (QED) is 0.156. The molecule has 0 saturated heterocycles. The molecule has 2 heterocycles. The standard InChI is InChI=1S/C55H65BN2/c1-11-12-13-35-14-20-43(21-15-35)57-47-24-18-40(53(5,6)7)28-45(47)56-46-29-41(54(8,9)10)19-25-48(46)58(44-22-16-39(17-23-44)52(2,3)4)50-31-42(30-49(57)51(50)56)55-32-36-26-37(33-55)38(27-36)34-55/h14-25,28-31,36-38H,11-13,26-27,32-34H2,1-10H3. The summed E-state index contributed by atoms with van der Waals surface area (Å²) < 4.78 is 0.